The van der Waals surface area contributed by atoms with Crippen molar-refractivity contribution >= 4 is 16.6 Å². The van der Waals surface area contributed by atoms with Crippen LogP contribution in [0.15, 0.2) is 24.4 Å². The lowest BCUT2D eigenvalue weighted by Crippen LogP contribution is -1.93. The van der Waals surface area contributed by atoms with E-state index in [1.807, 2.05) is 39.0 Å². The predicted molar refractivity (Wildman–Crippen MR) is 60.0 cm³/mol. The van der Waals surface area contributed by atoms with E-state index in [9.17, 15) is 0 Å². The molecule has 0 saturated carbocycles. The van der Waals surface area contributed by atoms with Crippen LogP contribution < -0.4 is 5.73 Å². The van der Waals surface area contributed by atoms with Crippen molar-refractivity contribution in [2.24, 2.45) is 0 Å². The van der Waals surface area contributed by atoms with E-state index in [1.165, 1.54) is 5.56 Å². The number of nitrogens with two attached hydrogens (primary N) is 1. The molecular formula is C11H15N3. The zero-order valence-corrected chi connectivity index (χ0v) is 8.78. The van der Waals surface area contributed by atoms with Crippen LogP contribution in [0.25, 0.3) is 10.8 Å². The normalized spacial score (nSPS) is 9.36. The average Bonchev–Trinajstić information content (AvgIpc) is 2.21. The summed E-state index contributed by atoms with van der Waals surface area (Å²) in [5.41, 5.74) is 6.84. The van der Waals surface area contributed by atoms with E-state index in [1.54, 1.807) is 6.20 Å². The van der Waals surface area contributed by atoms with Crippen molar-refractivity contribution in [1.82, 2.24) is 10.2 Å². The molecule has 2 aromatic rings. The molecule has 1 aromatic heterocycles. The van der Waals surface area contributed by atoms with Gasteiger partial charge in [0, 0.05) is 10.8 Å². The second-order valence-corrected chi connectivity index (χ2v) is 2.82. The summed E-state index contributed by atoms with van der Waals surface area (Å²) in [5, 5.41) is 9.56. The van der Waals surface area contributed by atoms with Gasteiger partial charge in [0.25, 0.3) is 0 Å². The lowest BCUT2D eigenvalue weighted by Gasteiger charge is -1.99. The van der Waals surface area contributed by atoms with E-state index in [0.29, 0.717) is 5.82 Å². The molecule has 0 bridgehead atoms. The van der Waals surface area contributed by atoms with Crippen LogP contribution in [0.1, 0.15) is 19.4 Å². The molecule has 0 radical (unpaired) electrons. The SMILES string of the molecule is CC.Cc1ccc2c(N)nncc2c1. The van der Waals surface area contributed by atoms with Gasteiger partial charge in [-0.2, -0.15) is 5.10 Å². The van der Waals surface area contributed by atoms with E-state index >= 15 is 0 Å². The zero-order chi connectivity index (χ0) is 10.6. The Morgan fingerprint density at radius 3 is 2.64 bits per heavy atom. The lowest BCUT2D eigenvalue weighted by molar-refractivity contribution is 1.06. The summed E-state index contributed by atoms with van der Waals surface area (Å²) in [7, 11) is 0. The predicted octanol–water partition coefficient (Wildman–Crippen LogP) is 2.55. The summed E-state index contributed by atoms with van der Waals surface area (Å²) in [6, 6.07) is 6.02. The third-order valence-corrected chi connectivity index (χ3v) is 1.85. The molecule has 1 aromatic carbocycles. The van der Waals surface area contributed by atoms with Crippen molar-refractivity contribution in [3.63, 3.8) is 0 Å². The van der Waals surface area contributed by atoms with Crippen LogP contribution in [-0.4, -0.2) is 10.2 Å². The summed E-state index contributed by atoms with van der Waals surface area (Å²) in [6.07, 6.45) is 1.72. The van der Waals surface area contributed by atoms with Gasteiger partial charge in [-0.05, 0) is 13.0 Å². The molecule has 74 valence electrons. The number of benzene rings is 1. The zero-order valence-electron chi connectivity index (χ0n) is 8.78. The van der Waals surface area contributed by atoms with Crippen LogP contribution in [-0.2, 0) is 0 Å². The fourth-order valence-corrected chi connectivity index (χ4v) is 1.23. The largest absolute Gasteiger partial charge is 0.382 e. The quantitative estimate of drug-likeness (QED) is 0.692. The number of hydrogen-bond donors (Lipinski definition) is 1. The molecule has 0 unspecified atom stereocenters. The van der Waals surface area contributed by atoms with Crippen molar-refractivity contribution in [2.75, 3.05) is 5.73 Å². The van der Waals surface area contributed by atoms with Gasteiger partial charge in [0.05, 0.1) is 6.20 Å². The first-order chi connectivity index (χ1) is 6.77. The molecule has 1 heterocycles. The lowest BCUT2D eigenvalue weighted by atomic mass is 10.1. The molecule has 0 amide bonds. The van der Waals surface area contributed by atoms with Crippen LogP contribution >= 0.6 is 0 Å². The van der Waals surface area contributed by atoms with Gasteiger partial charge in [0.1, 0.15) is 0 Å². The number of hydrogen-bond acceptors (Lipinski definition) is 3. The van der Waals surface area contributed by atoms with Crippen LogP contribution in [0, 0.1) is 6.92 Å². The van der Waals surface area contributed by atoms with Gasteiger partial charge in [0.2, 0.25) is 0 Å². The summed E-state index contributed by atoms with van der Waals surface area (Å²) in [5.74, 6) is 0.493. The minimum Gasteiger partial charge on any atom is -0.382 e. The third-order valence-electron chi connectivity index (χ3n) is 1.85. The van der Waals surface area contributed by atoms with E-state index in [4.69, 9.17) is 5.73 Å². The monoisotopic (exact) mass is 189 g/mol. The molecule has 3 nitrogen and oxygen atoms in total. The van der Waals surface area contributed by atoms with Gasteiger partial charge < -0.3 is 5.73 Å². The second-order valence-electron chi connectivity index (χ2n) is 2.82. The molecule has 14 heavy (non-hydrogen) atoms. The van der Waals surface area contributed by atoms with Crippen LogP contribution in [0.5, 0.6) is 0 Å². The highest BCUT2D eigenvalue weighted by Crippen LogP contribution is 2.17. The molecule has 0 atom stereocenters. The highest BCUT2D eigenvalue weighted by atomic mass is 15.1. The molecule has 2 N–H and O–H groups in total. The number of fused-ring (bicyclic) bond motifs is 1. The number of nitrogen functional groups attached to an aromatic ring is 1. The molecule has 0 aliphatic heterocycles. The highest BCUT2D eigenvalue weighted by molar-refractivity contribution is 5.90. The third kappa shape index (κ3) is 1.99. The maximum Gasteiger partial charge on any atom is 0.153 e. The van der Waals surface area contributed by atoms with Crippen molar-refractivity contribution in [3.8, 4) is 0 Å². The molecule has 0 aliphatic rings. The number of rotatable bonds is 0. The van der Waals surface area contributed by atoms with Crippen molar-refractivity contribution in [1.29, 1.82) is 0 Å². The van der Waals surface area contributed by atoms with Gasteiger partial charge >= 0.3 is 0 Å². The molecular weight excluding hydrogens is 174 g/mol. The Balaban J connectivity index is 0.000000461. The van der Waals surface area contributed by atoms with Gasteiger partial charge in [0.15, 0.2) is 5.82 Å². The molecule has 2 rings (SSSR count). The van der Waals surface area contributed by atoms with E-state index < -0.39 is 0 Å². The van der Waals surface area contributed by atoms with Crippen molar-refractivity contribution in [3.05, 3.63) is 30.0 Å². The fourth-order valence-electron chi connectivity index (χ4n) is 1.23. The number of aromatic nitrogens is 2. The molecule has 0 saturated heterocycles. The standard InChI is InChI=1S/C9H9N3.C2H6/c1-6-2-3-8-7(4-6)5-11-12-9(8)10;1-2/h2-5H,1H3,(H2,10,12);1-2H3. The maximum atomic E-state index is 5.63. The minimum absolute atomic E-state index is 0.493. The minimum atomic E-state index is 0.493. The smallest absolute Gasteiger partial charge is 0.153 e. The van der Waals surface area contributed by atoms with Crippen LogP contribution in [0.4, 0.5) is 5.82 Å². The van der Waals surface area contributed by atoms with Crippen LogP contribution in [0.2, 0.25) is 0 Å². The summed E-state index contributed by atoms with van der Waals surface area (Å²) in [4.78, 5) is 0. The Labute approximate surface area is 84.0 Å². The Hall–Kier alpha value is -1.64. The summed E-state index contributed by atoms with van der Waals surface area (Å²) >= 11 is 0. The number of aryl methyl sites for hydroxylation is 1. The Bertz CT molecular complexity index is 424. The van der Waals surface area contributed by atoms with Gasteiger partial charge in [-0.15, -0.1) is 5.10 Å². The Morgan fingerprint density at radius 2 is 1.93 bits per heavy atom. The molecule has 0 aliphatic carbocycles. The molecule has 3 heteroatoms. The summed E-state index contributed by atoms with van der Waals surface area (Å²) in [6.45, 7) is 6.04. The maximum absolute atomic E-state index is 5.63. The topological polar surface area (TPSA) is 51.8 Å². The Kier molecular flexibility index (Phi) is 3.40. The van der Waals surface area contributed by atoms with Gasteiger partial charge in [-0.1, -0.05) is 31.5 Å². The second kappa shape index (κ2) is 4.56. The van der Waals surface area contributed by atoms with Crippen molar-refractivity contribution < 1.29 is 0 Å². The van der Waals surface area contributed by atoms with Gasteiger partial charge in [-0.3, -0.25) is 0 Å². The van der Waals surface area contributed by atoms with Gasteiger partial charge in [-0.25, -0.2) is 0 Å². The Morgan fingerprint density at radius 1 is 1.21 bits per heavy atom. The first kappa shape index (κ1) is 10.4. The summed E-state index contributed by atoms with van der Waals surface area (Å²) < 4.78 is 0. The van der Waals surface area contributed by atoms with Crippen LogP contribution in [0.3, 0.4) is 0 Å². The van der Waals surface area contributed by atoms with Crippen molar-refractivity contribution in [2.45, 2.75) is 20.8 Å². The number of nitrogens with zero attached hydrogens (tertiary/aromatic N) is 2. The highest BCUT2D eigenvalue weighted by Gasteiger charge is 1.97. The molecule has 0 fully saturated rings. The average molecular weight is 189 g/mol. The first-order valence-corrected chi connectivity index (χ1v) is 4.75. The van der Waals surface area contributed by atoms with E-state index in [-0.39, 0.29) is 0 Å². The number of anilines is 1. The van der Waals surface area contributed by atoms with E-state index in [0.717, 1.165) is 10.8 Å². The molecule has 0 spiro atoms. The fraction of sp³-hybridized carbons (Fsp3) is 0.273. The van der Waals surface area contributed by atoms with E-state index in [2.05, 4.69) is 10.2 Å². The first-order valence-electron chi connectivity index (χ1n) is 4.75.